The molecule has 0 amide bonds. The van der Waals surface area contributed by atoms with E-state index in [9.17, 15) is 0 Å². The summed E-state index contributed by atoms with van der Waals surface area (Å²) < 4.78 is 0. The first-order valence-electron chi connectivity index (χ1n) is 6.98. The van der Waals surface area contributed by atoms with E-state index >= 15 is 0 Å². The van der Waals surface area contributed by atoms with Gasteiger partial charge in [0.1, 0.15) is 5.82 Å². The predicted octanol–water partition coefficient (Wildman–Crippen LogP) is 3.82. The molecule has 3 aliphatic carbocycles. The lowest BCUT2D eigenvalue weighted by Crippen LogP contribution is -2.34. The van der Waals surface area contributed by atoms with Gasteiger partial charge in [-0.2, -0.15) is 0 Å². The van der Waals surface area contributed by atoms with E-state index in [0.29, 0.717) is 11.3 Å². The van der Waals surface area contributed by atoms with Crippen molar-refractivity contribution >= 4 is 17.4 Å². The number of anilines is 1. The molecule has 0 radical (unpaired) electrons. The maximum absolute atomic E-state index is 5.88. The summed E-state index contributed by atoms with van der Waals surface area (Å²) in [4.78, 5) is 8.34. The lowest BCUT2D eigenvalue weighted by molar-refractivity contribution is 0.280. The van der Waals surface area contributed by atoms with E-state index in [1.807, 2.05) is 6.92 Å². The molecule has 0 saturated heterocycles. The van der Waals surface area contributed by atoms with Crippen LogP contribution in [-0.2, 0) is 0 Å². The summed E-state index contributed by atoms with van der Waals surface area (Å²) in [6.45, 7) is 2.04. The molecular weight excluding hydrogens is 246 g/mol. The van der Waals surface area contributed by atoms with Crippen molar-refractivity contribution in [3.8, 4) is 0 Å². The fraction of sp³-hybridized carbons (Fsp3) is 0.714. The first kappa shape index (κ1) is 12.2. The van der Waals surface area contributed by atoms with Gasteiger partial charge in [0.05, 0.1) is 0 Å². The van der Waals surface area contributed by atoms with Crippen molar-refractivity contribution in [2.75, 3.05) is 5.32 Å². The average molecular weight is 266 g/mol. The Kier molecular flexibility index (Phi) is 3.42. The molecule has 4 rings (SSSR count). The number of nitrogens with zero attached hydrogens (tertiary/aromatic N) is 2. The van der Waals surface area contributed by atoms with Crippen molar-refractivity contribution in [2.45, 2.75) is 51.5 Å². The number of hydrogen-bond acceptors (Lipinski definition) is 3. The van der Waals surface area contributed by atoms with Crippen LogP contribution >= 0.6 is 11.6 Å². The van der Waals surface area contributed by atoms with Crippen molar-refractivity contribution < 1.29 is 0 Å². The van der Waals surface area contributed by atoms with Gasteiger partial charge in [0.2, 0.25) is 5.28 Å². The standard InChI is InChI=1S/C14H20ClN3/c1-9-8-16-14(15)18-13(9)17-12-7-10-3-2-4-11(12)6-5-10/h8,10-12H,2-7H2,1H3,(H,16,17,18). The van der Waals surface area contributed by atoms with Crippen molar-refractivity contribution in [3.05, 3.63) is 17.0 Å². The molecule has 4 heteroatoms. The number of nitrogens with one attached hydrogen (secondary N) is 1. The molecule has 1 N–H and O–H groups in total. The molecule has 0 spiro atoms. The highest BCUT2D eigenvalue weighted by atomic mass is 35.5. The third-order valence-electron chi connectivity index (χ3n) is 4.55. The molecule has 3 unspecified atom stereocenters. The van der Waals surface area contributed by atoms with Crippen LogP contribution < -0.4 is 5.32 Å². The maximum Gasteiger partial charge on any atom is 0.224 e. The molecule has 2 bridgehead atoms. The normalized spacial score (nSPS) is 31.1. The highest BCUT2D eigenvalue weighted by molar-refractivity contribution is 6.28. The van der Waals surface area contributed by atoms with Crippen molar-refractivity contribution in [2.24, 2.45) is 11.8 Å². The van der Waals surface area contributed by atoms with Gasteiger partial charge in [-0.3, -0.25) is 0 Å². The van der Waals surface area contributed by atoms with E-state index in [1.54, 1.807) is 6.20 Å². The Hall–Kier alpha value is -0.830. The maximum atomic E-state index is 5.88. The van der Waals surface area contributed by atoms with Crippen LogP contribution in [0, 0.1) is 18.8 Å². The second-order valence-corrected chi connectivity index (χ2v) is 6.13. The monoisotopic (exact) mass is 265 g/mol. The van der Waals surface area contributed by atoms with Gasteiger partial charge in [0, 0.05) is 17.8 Å². The highest BCUT2D eigenvalue weighted by Gasteiger charge is 2.33. The van der Waals surface area contributed by atoms with Gasteiger partial charge in [-0.15, -0.1) is 0 Å². The minimum absolute atomic E-state index is 0.335. The molecule has 3 nitrogen and oxygen atoms in total. The average Bonchev–Trinajstić information content (AvgIpc) is 2.69. The minimum atomic E-state index is 0.335. The molecular formula is C14H20ClN3. The first-order chi connectivity index (χ1) is 8.72. The van der Waals surface area contributed by atoms with E-state index < -0.39 is 0 Å². The number of aromatic nitrogens is 2. The zero-order chi connectivity index (χ0) is 12.5. The Morgan fingerprint density at radius 1 is 1.28 bits per heavy atom. The third-order valence-corrected chi connectivity index (χ3v) is 4.74. The van der Waals surface area contributed by atoms with E-state index in [2.05, 4.69) is 15.3 Å². The Morgan fingerprint density at radius 2 is 2.17 bits per heavy atom. The summed E-state index contributed by atoms with van der Waals surface area (Å²) in [5.74, 6) is 2.66. The SMILES string of the molecule is Cc1cnc(Cl)nc1NC1CC2CCCC1CC2. The molecule has 3 aliphatic rings. The Balaban J connectivity index is 1.77. The summed E-state index contributed by atoms with van der Waals surface area (Å²) in [6.07, 6.45) is 10.1. The fourth-order valence-corrected chi connectivity index (χ4v) is 3.65. The molecule has 1 aromatic rings. The first-order valence-corrected chi connectivity index (χ1v) is 7.36. The fourth-order valence-electron chi connectivity index (χ4n) is 3.52. The summed E-state index contributed by atoms with van der Waals surface area (Å²) >= 11 is 5.88. The quantitative estimate of drug-likeness (QED) is 0.826. The molecule has 3 fully saturated rings. The van der Waals surface area contributed by atoms with E-state index in [4.69, 9.17) is 11.6 Å². The molecule has 1 aromatic heterocycles. The van der Waals surface area contributed by atoms with Crippen LogP contribution in [0.5, 0.6) is 0 Å². The second-order valence-electron chi connectivity index (χ2n) is 5.79. The van der Waals surface area contributed by atoms with Gasteiger partial charge in [-0.05, 0) is 49.6 Å². The third kappa shape index (κ3) is 2.46. The van der Waals surface area contributed by atoms with Crippen LogP contribution in [0.4, 0.5) is 5.82 Å². The van der Waals surface area contributed by atoms with E-state index in [1.165, 1.54) is 38.5 Å². The van der Waals surface area contributed by atoms with Gasteiger partial charge in [-0.25, -0.2) is 9.97 Å². The second kappa shape index (κ2) is 5.04. The Bertz CT molecular complexity index is 431. The van der Waals surface area contributed by atoms with Crippen molar-refractivity contribution in [1.29, 1.82) is 0 Å². The summed E-state index contributed by atoms with van der Waals surface area (Å²) in [7, 11) is 0. The predicted molar refractivity (Wildman–Crippen MR) is 73.9 cm³/mol. The summed E-state index contributed by atoms with van der Waals surface area (Å²) in [6, 6.07) is 0.580. The van der Waals surface area contributed by atoms with Gasteiger partial charge in [0.25, 0.3) is 0 Å². The van der Waals surface area contributed by atoms with Gasteiger partial charge in [0.15, 0.2) is 0 Å². The molecule has 18 heavy (non-hydrogen) atoms. The van der Waals surface area contributed by atoms with Crippen LogP contribution in [0.1, 0.15) is 44.1 Å². The minimum Gasteiger partial charge on any atom is -0.367 e. The lowest BCUT2D eigenvalue weighted by atomic mass is 9.80. The van der Waals surface area contributed by atoms with E-state index in [-0.39, 0.29) is 0 Å². The van der Waals surface area contributed by atoms with Gasteiger partial charge >= 0.3 is 0 Å². The smallest absolute Gasteiger partial charge is 0.224 e. The Morgan fingerprint density at radius 3 is 3.06 bits per heavy atom. The number of rotatable bonds is 2. The van der Waals surface area contributed by atoms with Crippen molar-refractivity contribution in [1.82, 2.24) is 9.97 Å². The number of halogens is 1. The van der Waals surface area contributed by atoms with E-state index in [0.717, 1.165) is 23.2 Å². The zero-order valence-electron chi connectivity index (χ0n) is 10.8. The summed E-state index contributed by atoms with van der Waals surface area (Å²) in [5.41, 5.74) is 1.08. The topological polar surface area (TPSA) is 37.8 Å². The molecule has 3 saturated carbocycles. The van der Waals surface area contributed by atoms with Crippen LogP contribution in [-0.4, -0.2) is 16.0 Å². The van der Waals surface area contributed by atoms with Crippen molar-refractivity contribution in [3.63, 3.8) is 0 Å². The van der Waals surface area contributed by atoms with Gasteiger partial charge < -0.3 is 5.32 Å². The molecule has 0 aromatic carbocycles. The number of fused-ring (bicyclic) bond motifs is 4. The van der Waals surface area contributed by atoms with Gasteiger partial charge in [-0.1, -0.05) is 19.3 Å². The lowest BCUT2D eigenvalue weighted by Gasteiger charge is -2.33. The number of hydrogen-bond donors (Lipinski definition) is 1. The molecule has 3 atom stereocenters. The summed E-state index contributed by atoms with van der Waals surface area (Å²) in [5, 5.41) is 3.96. The van der Waals surface area contributed by atoms with Crippen LogP contribution in [0.3, 0.4) is 0 Å². The van der Waals surface area contributed by atoms with Crippen LogP contribution in [0.15, 0.2) is 6.20 Å². The zero-order valence-corrected chi connectivity index (χ0v) is 11.6. The molecule has 0 aliphatic heterocycles. The Labute approximate surface area is 113 Å². The number of aryl methyl sites for hydroxylation is 1. The highest BCUT2D eigenvalue weighted by Crippen LogP contribution is 2.40. The molecule has 1 heterocycles. The largest absolute Gasteiger partial charge is 0.367 e. The van der Waals surface area contributed by atoms with Crippen LogP contribution in [0.25, 0.3) is 0 Å². The van der Waals surface area contributed by atoms with Crippen LogP contribution in [0.2, 0.25) is 5.28 Å². The molecule has 98 valence electrons.